The molecule has 0 fully saturated rings. The molecule has 3 aromatic rings. The number of fused-ring (bicyclic) bond motifs is 1. The van der Waals surface area contributed by atoms with E-state index >= 15 is 0 Å². The largest absolute Gasteiger partial charge is 0.289 e. The maximum Gasteiger partial charge on any atom is 0.146 e. The van der Waals surface area contributed by atoms with E-state index in [1.807, 2.05) is 22.6 Å². The maximum absolute atomic E-state index is 13.2. The number of allylic oxidation sites excluding steroid dienone is 1. The minimum atomic E-state index is -0.292. The molecule has 4 rings (SSSR count). The van der Waals surface area contributed by atoms with Crippen LogP contribution in [0.3, 0.4) is 0 Å². The van der Waals surface area contributed by atoms with Crippen LogP contribution < -0.4 is 0 Å². The van der Waals surface area contributed by atoms with Gasteiger partial charge in [-0.25, -0.2) is 14.2 Å². The average molecular weight is 305 g/mol. The van der Waals surface area contributed by atoms with E-state index in [0.717, 1.165) is 28.3 Å². The Bertz CT molecular complexity index is 923. The quantitative estimate of drug-likeness (QED) is 0.682. The molecule has 0 radical (unpaired) electrons. The lowest BCUT2D eigenvalue weighted by atomic mass is 10.1. The molecule has 1 aliphatic rings. The van der Waals surface area contributed by atoms with Crippen LogP contribution in [0.4, 0.5) is 4.39 Å². The van der Waals surface area contributed by atoms with Crippen LogP contribution in [0.25, 0.3) is 28.2 Å². The summed E-state index contributed by atoms with van der Waals surface area (Å²) >= 11 is 0. The van der Waals surface area contributed by atoms with Gasteiger partial charge >= 0.3 is 0 Å². The van der Waals surface area contributed by atoms with Gasteiger partial charge in [0.2, 0.25) is 0 Å². The summed E-state index contributed by atoms with van der Waals surface area (Å²) in [5, 5.41) is 0. The Morgan fingerprint density at radius 3 is 2.43 bits per heavy atom. The van der Waals surface area contributed by atoms with E-state index in [1.54, 1.807) is 24.5 Å². The summed E-state index contributed by atoms with van der Waals surface area (Å²) in [4.78, 5) is 20.0. The van der Waals surface area contributed by atoms with Crippen LogP contribution in [0, 0.1) is 5.82 Å². The van der Waals surface area contributed by atoms with Crippen LogP contribution in [0.15, 0.2) is 48.8 Å². The van der Waals surface area contributed by atoms with Crippen molar-refractivity contribution in [3.8, 4) is 22.5 Å². The number of rotatable bonds is 2. The van der Waals surface area contributed by atoms with Crippen LogP contribution in [0.1, 0.15) is 12.2 Å². The molecule has 0 atom stereocenters. The van der Waals surface area contributed by atoms with Gasteiger partial charge in [0.1, 0.15) is 23.3 Å². The van der Waals surface area contributed by atoms with Crippen LogP contribution in [-0.4, -0.2) is 20.5 Å². The molecule has 4 nitrogen and oxygen atoms in total. The predicted molar refractivity (Wildman–Crippen MR) is 84.6 cm³/mol. The molecule has 0 aliphatic carbocycles. The Morgan fingerprint density at radius 1 is 1.00 bits per heavy atom. The smallest absolute Gasteiger partial charge is 0.146 e. The van der Waals surface area contributed by atoms with Crippen molar-refractivity contribution < 1.29 is 9.18 Å². The highest BCUT2D eigenvalue weighted by Gasteiger charge is 2.27. The number of nitrogens with zero attached hydrogens (tertiary/aromatic N) is 3. The zero-order valence-electron chi connectivity index (χ0n) is 12.2. The SMILES string of the molecule is O=C=C1CCc2nc(-c3ccc(F)cc3)c(-c3ccncc3)n21. The Hall–Kier alpha value is -3.04. The van der Waals surface area contributed by atoms with Crippen LogP contribution >= 0.6 is 0 Å². The van der Waals surface area contributed by atoms with Gasteiger partial charge in [0.05, 0.1) is 11.4 Å². The van der Waals surface area contributed by atoms with Crippen LogP contribution in [0.2, 0.25) is 0 Å². The fraction of sp³-hybridized carbons (Fsp3) is 0.111. The minimum absolute atomic E-state index is 0.292. The number of benzene rings is 1. The lowest BCUT2D eigenvalue weighted by Gasteiger charge is -2.08. The van der Waals surface area contributed by atoms with Gasteiger partial charge in [-0.1, -0.05) is 0 Å². The molecule has 0 saturated heterocycles. The summed E-state index contributed by atoms with van der Waals surface area (Å²) in [6.07, 6.45) is 4.73. The molecule has 0 saturated carbocycles. The number of hydrogen-bond donors (Lipinski definition) is 0. The number of imidazole rings is 1. The summed E-state index contributed by atoms with van der Waals surface area (Å²) in [6, 6.07) is 9.96. The average Bonchev–Trinajstić information content (AvgIpc) is 3.15. The fourth-order valence-electron chi connectivity index (χ4n) is 2.95. The first-order chi connectivity index (χ1) is 11.3. The lowest BCUT2D eigenvalue weighted by molar-refractivity contribution is 0.568. The molecular weight excluding hydrogens is 293 g/mol. The van der Waals surface area contributed by atoms with Crippen molar-refractivity contribution in [1.29, 1.82) is 0 Å². The van der Waals surface area contributed by atoms with E-state index < -0.39 is 0 Å². The zero-order chi connectivity index (χ0) is 15.8. The third kappa shape index (κ3) is 2.18. The second-order valence-electron chi connectivity index (χ2n) is 5.35. The highest BCUT2D eigenvalue weighted by atomic mass is 19.1. The van der Waals surface area contributed by atoms with Crippen molar-refractivity contribution in [1.82, 2.24) is 14.5 Å². The molecule has 0 amide bonds. The second-order valence-corrected chi connectivity index (χ2v) is 5.35. The Kier molecular flexibility index (Phi) is 3.14. The summed E-state index contributed by atoms with van der Waals surface area (Å²) < 4.78 is 15.1. The number of hydrogen-bond acceptors (Lipinski definition) is 3. The molecule has 1 aromatic carbocycles. The van der Waals surface area contributed by atoms with E-state index in [9.17, 15) is 9.18 Å². The molecule has 112 valence electrons. The molecule has 5 heteroatoms. The van der Waals surface area contributed by atoms with E-state index in [-0.39, 0.29) is 5.82 Å². The molecule has 0 N–H and O–H groups in total. The number of aromatic nitrogens is 3. The molecule has 3 heterocycles. The lowest BCUT2D eigenvalue weighted by Crippen LogP contribution is -1.97. The van der Waals surface area contributed by atoms with E-state index in [2.05, 4.69) is 9.97 Å². The van der Waals surface area contributed by atoms with Gasteiger partial charge in [0, 0.05) is 36.4 Å². The van der Waals surface area contributed by atoms with Crippen molar-refractivity contribution in [2.24, 2.45) is 0 Å². The topological polar surface area (TPSA) is 47.8 Å². The highest BCUT2D eigenvalue weighted by molar-refractivity contribution is 5.88. The molecule has 0 bridgehead atoms. The molecule has 0 unspecified atom stereocenters. The molecule has 2 aromatic heterocycles. The monoisotopic (exact) mass is 305 g/mol. The van der Waals surface area contributed by atoms with Crippen molar-refractivity contribution in [2.75, 3.05) is 0 Å². The minimum Gasteiger partial charge on any atom is -0.289 e. The van der Waals surface area contributed by atoms with Crippen LogP contribution in [-0.2, 0) is 11.2 Å². The first kappa shape index (κ1) is 13.6. The van der Waals surface area contributed by atoms with E-state index in [4.69, 9.17) is 0 Å². The zero-order valence-corrected chi connectivity index (χ0v) is 12.2. The summed E-state index contributed by atoms with van der Waals surface area (Å²) in [7, 11) is 0. The number of halogens is 1. The maximum atomic E-state index is 13.2. The summed E-state index contributed by atoms with van der Waals surface area (Å²) in [5.41, 5.74) is 3.86. The standard InChI is InChI=1S/C18H12FN3O/c19-14-3-1-12(2-4-14)17-18(13-7-9-20-10-8-13)22-15(11-23)5-6-16(22)21-17/h1-4,7-10H,5-6H2. The predicted octanol–water partition coefficient (Wildman–Crippen LogP) is 3.37. The number of aryl methyl sites for hydroxylation is 1. The first-order valence-corrected chi connectivity index (χ1v) is 7.30. The van der Waals surface area contributed by atoms with Gasteiger partial charge in [0.25, 0.3) is 0 Å². The Labute approximate surface area is 131 Å². The number of carbonyl (C=O) groups excluding carboxylic acids is 1. The van der Waals surface area contributed by atoms with Gasteiger partial charge < -0.3 is 0 Å². The van der Waals surface area contributed by atoms with Crippen molar-refractivity contribution in [2.45, 2.75) is 12.8 Å². The summed E-state index contributed by atoms with van der Waals surface area (Å²) in [5.74, 6) is 2.55. The van der Waals surface area contributed by atoms with Crippen molar-refractivity contribution in [3.05, 3.63) is 60.4 Å². The van der Waals surface area contributed by atoms with Crippen molar-refractivity contribution in [3.63, 3.8) is 0 Å². The number of pyridine rings is 1. The van der Waals surface area contributed by atoms with Crippen molar-refractivity contribution >= 4 is 11.6 Å². The fourth-order valence-corrected chi connectivity index (χ4v) is 2.95. The van der Waals surface area contributed by atoms with Gasteiger partial charge in [0.15, 0.2) is 0 Å². The van der Waals surface area contributed by atoms with Gasteiger partial charge in [-0.05, 0) is 36.4 Å². The van der Waals surface area contributed by atoms with E-state index in [0.29, 0.717) is 18.5 Å². The second kappa shape index (κ2) is 5.30. The molecule has 0 spiro atoms. The third-order valence-corrected chi connectivity index (χ3v) is 3.99. The molecule has 1 aliphatic heterocycles. The Morgan fingerprint density at radius 2 is 1.74 bits per heavy atom. The van der Waals surface area contributed by atoms with Crippen LogP contribution in [0.5, 0.6) is 0 Å². The highest BCUT2D eigenvalue weighted by Crippen LogP contribution is 2.38. The van der Waals surface area contributed by atoms with Gasteiger partial charge in [-0.2, -0.15) is 0 Å². The normalized spacial score (nSPS) is 13.0. The van der Waals surface area contributed by atoms with Gasteiger partial charge in [-0.3, -0.25) is 9.55 Å². The third-order valence-electron chi connectivity index (χ3n) is 3.99. The first-order valence-electron chi connectivity index (χ1n) is 7.30. The molecule has 23 heavy (non-hydrogen) atoms. The summed E-state index contributed by atoms with van der Waals surface area (Å²) in [6.45, 7) is 0. The molecular formula is C18H12FN3O. The van der Waals surface area contributed by atoms with E-state index in [1.165, 1.54) is 12.1 Å². The van der Waals surface area contributed by atoms with Gasteiger partial charge in [-0.15, -0.1) is 0 Å². The Balaban J connectivity index is 2.01.